The Morgan fingerprint density at radius 3 is 1.96 bits per heavy atom. The van der Waals surface area contributed by atoms with Gasteiger partial charge in [0.1, 0.15) is 5.82 Å². The molecule has 0 amide bonds. The number of allylic oxidation sites excluding steroid dienone is 4. The quantitative estimate of drug-likeness (QED) is 0.171. The fourth-order valence-corrected chi connectivity index (χ4v) is 8.89. The maximum absolute atomic E-state index is 5.41. The number of nitrogens with zero attached hydrogens (tertiary/aromatic N) is 3. The molecular formula is C53H37N3. The van der Waals surface area contributed by atoms with Gasteiger partial charge in [0.25, 0.3) is 0 Å². The van der Waals surface area contributed by atoms with Gasteiger partial charge < -0.3 is 4.90 Å². The molecule has 7 aromatic carbocycles. The molecule has 3 nitrogen and oxygen atoms in total. The largest absolute Gasteiger partial charge is 0.313 e. The lowest BCUT2D eigenvalue weighted by atomic mass is 9.90. The number of rotatable bonds is 6. The van der Waals surface area contributed by atoms with E-state index in [1.54, 1.807) is 0 Å². The van der Waals surface area contributed by atoms with Crippen molar-refractivity contribution >= 4 is 33.2 Å². The second kappa shape index (κ2) is 13.3. The third-order valence-corrected chi connectivity index (χ3v) is 11.5. The predicted octanol–water partition coefficient (Wildman–Crippen LogP) is 13.9. The molecule has 1 aliphatic heterocycles. The molecule has 264 valence electrons. The van der Waals surface area contributed by atoms with Crippen molar-refractivity contribution in [1.29, 1.82) is 0 Å². The fraction of sp³-hybridized carbons (Fsp3) is 0.0377. The Morgan fingerprint density at radius 1 is 0.482 bits per heavy atom. The van der Waals surface area contributed by atoms with Crippen LogP contribution in [0.2, 0.25) is 0 Å². The van der Waals surface area contributed by atoms with Gasteiger partial charge in [-0.1, -0.05) is 164 Å². The smallest absolute Gasteiger partial charge is 0.138 e. The molecule has 9 aromatic rings. The summed E-state index contributed by atoms with van der Waals surface area (Å²) in [4.78, 5) is 7.92. The van der Waals surface area contributed by atoms with Crippen LogP contribution in [0.15, 0.2) is 212 Å². The molecular weight excluding hydrogens is 679 g/mol. The monoisotopic (exact) mass is 715 g/mol. The second-order valence-electron chi connectivity index (χ2n) is 14.7. The first-order valence-corrected chi connectivity index (χ1v) is 19.4. The van der Waals surface area contributed by atoms with Crippen LogP contribution in [0.1, 0.15) is 17.9 Å². The van der Waals surface area contributed by atoms with Gasteiger partial charge in [0.2, 0.25) is 0 Å². The van der Waals surface area contributed by atoms with Gasteiger partial charge in [-0.25, -0.2) is 4.98 Å². The van der Waals surface area contributed by atoms with Crippen LogP contribution in [0.25, 0.3) is 72.3 Å². The van der Waals surface area contributed by atoms with E-state index in [0.29, 0.717) is 5.92 Å². The fourth-order valence-electron chi connectivity index (χ4n) is 8.89. The zero-order valence-corrected chi connectivity index (χ0v) is 30.8. The van der Waals surface area contributed by atoms with E-state index in [0.717, 1.165) is 45.7 Å². The Labute approximate surface area is 326 Å². The zero-order chi connectivity index (χ0) is 37.0. The van der Waals surface area contributed by atoms with Gasteiger partial charge in [-0.15, -0.1) is 0 Å². The minimum atomic E-state index is 0.298. The number of fused-ring (bicyclic) bond motifs is 6. The molecule has 0 saturated heterocycles. The number of benzene rings is 7. The minimum absolute atomic E-state index is 0.298. The summed E-state index contributed by atoms with van der Waals surface area (Å²) in [5, 5.41) is 2.42. The number of hydrogen-bond acceptors (Lipinski definition) is 2. The molecule has 0 saturated carbocycles. The SMILES string of the molecule is C1=CCC2C(=C1)N(c1cccc(-c3ccccc3)c1)c1c(-c3ccc4c5ccccc5n(-c5cc(-c6ccccc6)cc(-c6ccccc6)n5)c4c3)cccc12. The molecule has 56 heavy (non-hydrogen) atoms. The van der Waals surface area contributed by atoms with Crippen LogP contribution in [0.5, 0.6) is 0 Å². The van der Waals surface area contributed by atoms with E-state index in [9.17, 15) is 0 Å². The third-order valence-electron chi connectivity index (χ3n) is 11.5. The van der Waals surface area contributed by atoms with Gasteiger partial charge in [0.05, 0.1) is 22.4 Å². The van der Waals surface area contributed by atoms with Crippen molar-refractivity contribution in [2.75, 3.05) is 4.90 Å². The first-order chi connectivity index (χ1) is 27.8. The number of anilines is 2. The van der Waals surface area contributed by atoms with E-state index in [1.807, 2.05) is 0 Å². The predicted molar refractivity (Wildman–Crippen MR) is 233 cm³/mol. The summed E-state index contributed by atoms with van der Waals surface area (Å²) in [6.45, 7) is 0. The number of para-hydroxylation sites is 2. The molecule has 2 aromatic heterocycles. The summed E-state index contributed by atoms with van der Waals surface area (Å²) in [7, 11) is 0. The van der Waals surface area contributed by atoms with Crippen LogP contribution in [-0.4, -0.2) is 9.55 Å². The van der Waals surface area contributed by atoms with Gasteiger partial charge in [-0.2, -0.15) is 0 Å². The van der Waals surface area contributed by atoms with E-state index in [4.69, 9.17) is 4.98 Å². The molecule has 0 bridgehead atoms. The van der Waals surface area contributed by atoms with Crippen LogP contribution in [0.3, 0.4) is 0 Å². The molecule has 3 heterocycles. The van der Waals surface area contributed by atoms with Crippen LogP contribution in [0, 0.1) is 0 Å². The lowest BCUT2D eigenvalue weighted by molar-refractivity contribution is 0.819. The molecule has 2 aliphatic rings. The molecule has 1 atom stereocenters. The Morgan fingerprint density at radius 2 is 1.16 bits per heavy atom. The van der Waals surface area contributed by atoms with Crippen molar-refractivity contribution < 1.29 is 0 Å². The number of pyridine rings is 1. The molecule has 1 unspecified atom stereocenters. The van der Waals surface area contributed by atoms with Crippen molar-refractivity contribution in [3.63, 3.8) is 0 Å². The van der Waals surface area contributed by atoms with Crippen molar-refractivity contribution in [2.45, 2.75) is 12.3 Å². The molecule has 1 aliphatic carbocycles. The van der Waals surface area contributed by atoms with Gasteiger partial charge in [-0.3, -0.25) is 4.57 Å². The maximum atomic E-state index is 5.41. The van der Waals surface area contributed by atoms with E-state index < -0.39 is 0 Å². The lowest BCUT2D eigenvalue weighted by Gasteiger charge is -2.26. The minimum Gasteiger partial charge on any atom is -0.313 e. The van der Waals surface area contributed by atoms with Crippen LogP contribution >= 0.6 is 0 Å². The Bertz CT molecular complexity index is 2930. The molecule has 0 spiro atoms. The average Bonchev–Trinajstić information content (AvgIpc) is 3.80. The van der Waals surface area contributed by atoms with Gasteiger partial charge in [0, 0.05) is 39.2 Å². The normalized spacial score (nSPS) is 14.5. The highest BCUT2D eigenvalue weighted by atomic mass is 15.2. The van der Waals surface area contributed by atoms with E-state index in [-0.39, 0.29) is 0 Å². The van der Waals surface area contributed by atoms with Crippen molar-refractivity contribution in [3.05, 3.63) is 218 Å². The summed E-state index contributed by atoms with van der Waals surface area (Å²) in [6.07, 6.45) is 7.82. The van der Waals surface area contributed by atoms with Gasteiger partial charge in [0.15, 0.2) is 0 Å². The second-order valence-corrected chi connectivity index (χ2v) is 14.7. The molecule has 3 heteroatoms. The highest BCUT2D eigenvalue weighted by Crippen LogP contribution is 2.54. The summed E-state index contributed by atoms with van der Waals surface area (Å²) in [5.41, 5.74) is 16.6. The van der Waals surface area contributed by atoms with Crippen molar-refractivity contribution in [1.82, 2.24) is 9.55 Å². The Hall–Kier alpha value is -7.23. The first-order valence-electron chi connectivity index (χ1n) is 19.4. The third kappa shape index (κ3) is 5.32. The van der Waals surface area contributed by atoms with Crippen LogP contribution in [-0.2, 0) is 0 Å². The van der Waals surface area contributed by atoms with Gasteiger partial charge >= 0.3 is 0 Å². The first kappa shape index (κ1) is 32.2. The highest BCUT2D eigenvalue weighted by molar-refractivity contribution is 6.10. The number of aromatic nitrogens is 2. The lowest BCUT2D eigenvalue weighted by Crippen LogP contribution is -2.15. The average molecular weight is 716 g/mol. The molecule has 0 radical (unpaired) electrons. The van der Waals surface area contributed by atoms with Gasteiger partial charge in [-0.05, 0) is 82.3 Å². The van der Waals surface area contributed by atoms with E-state index in [2.05, 4.69) is 216 Å². The van der Waals surface area contributed by atoms with Crippen molar-refractivity contribution in [3.8, 4) is 50.5 Å². The standard InChI is InChI=1S/C53H37N3/c1-4-16-36(17-5-1)39-22-14-23-42(32-39)55-49-28-12-11-25-45(49)47-27-15-26-43(53(47)55)40-30-31-46-44-24-10-13-29-50(44)56(51(46)34-40)52-35-41(37-18-6-2-7-19-37)33-48(54-52)38-20-8-3-9-21-38/h1-24,26-35,45H,25H2. The summed E-state index contributed by atoms with van der Waals surface area (Å²) in [5.74, 6) is 1.19. The summed E-state index contributed by atoms with van der Waals surface area (Å²) in [6, 6.07) is 67.9. The molecule has 11 rings (SSSR count). The topological polar surface area (TPSA) is 21.1 Å². The molecule has 0 fully saturated rings. The summed E-state index contributed by atoms with van der Waals surface area (Å²) < 4.78 is 2.36. The van der Waals surface area contributed by atoms with E-state index >= 15 is 0 Å². The Kier molecular flexibility index (Phi) is 7.63. The zero-order valence-electron chi connectivity index (χ0n) is 30.8. The molecule has 0 N–H and O–H groups in total. The maximum Gasteiger partial charge on any atom is 0.138 e. The number of hydrogen-bond donors (Lipinski definition) is 0. The van der Waals surface area contributed by atoms with E-state index in [1.165, 1.54) is 55.7 Å². The highest BCUT2D eigenvalue weighted by Gasteiger charge is 2.37. The van der Waals surface area contributed by atoms with Crippen LogP contribution in [0.4, 0.5) is 11.4 Å². The van der Waals surface area contributed by atoms with Crippen LogP contribution < -0.4 is 4.90 Å². The van der Waals surface area contributed by atoms with Crippen molar-refractivity contribution in [2.24, 2.45) is 0 Å². The summed E-state index contributed by atoms with van der Waals surface area (Å²) >= 11 is 0. The Balaban J connectivity index is 1.13.